The lowest BCUT2D eigenvalue weighted by atomic mass is 10.1. The predicted octanol–water partition coefficient (Wildman–Crippen LogP) is 3.97. The van der Waals surface area contributed by atoms with Crippen LogP contribution in [0.3, 0.4) is 0 Å². The molecule has 1 aromatic heterocycles. The predicted molar refractivity (Wildman–Crippen MR) is 87.6 cm³/mol. The first-order chi connectivity index (χ1) is 11.2. The number of fused-ring (bicyclic) bond motifs is 1. The van der Waals surface area contributed by atoms with Gasteiger partial charge in [0.05, 0.1) is 22.6 Å². The van der Waals surface area contributed by atoms with Crippen LogP contribution < -0.4 is 5.32 Å². The smallest absolute Gasteiger partial charge is 0.254 e. The van der Waals surface area contributed by atoms with E-state index in [0.29, 0.717) is 5.82 Å². The van der Waals surface area contributed by atoms with E-state index in [4.69, 9.17) is 0 Å². The van der Waals surface area contributed by atoms with Crippen molar-refractivity contribution in [1.29, 1.82) is 0 Å². The lowest BCUT2D eigenvalue weighted by Gasteiger charge is -2.16. The minimum Gasteiger partial charge on any atom is -0.342 e. The van der Waals surface area contributed by atoms with E-state index in [9.17, 15) is 9.18 Å². The average Bonchev–Trinajstić information content (AvgIpc) is 2.98. The second-order valence-electron chi connectivity index (χ2n) is 5.43. The zero-order valence-corrected chi connectivity index (χ0v) is 12.8. The van der Waals surface area contributed by atoms with Crippen LogP contribution in [0.4, 0.5) is 4.39 Å². The topological polar surface area (TPSA) is 57.8 Å². The van der Waals surface area contributed by atoms with Crippen LogP contribution in [0.2, 0.25) is 0 Å². The largest absolute Gasteiger partial charge is 0.342 e. The molecule has 1 atom stereocenters. The molecule has 2 aromatic carbocycles. The Morgan fingerprint density at radius 3 is 2.70 bits per heavy atom. The Morgan fingerprint density at radius 1 is 1.22 bits per heavy atom. The van der Waals surface area contributed by atoms with Gasteiger partial charge in [0.15, 0.2) is 0 Å². The normalized spacial score (nSPS) is 12.3. The maximum Gasteiger partial charge on any atom is 0.254 e. The van der Waals surface area contributed by atoms with Crippen molar-refractivity contribution in [3.8, 4) is 0 Å². The maximum atomic E-state index is 13.8. The lowest BCUT2D eigenvalue weighted by molar-refractivity contribution is 0.0928. The van der Waals surface area contributed by atoms with Crippen molar-refractivity contribution in [2.45, 2.75) is 25.8 Å². The molecular formula is C18H18FN3O. The molecule has 0 spiro atoms. The Morgan fingerprint density at radius 2 is 1.96 bits per heavy atom. The molecule has 0 radical (unpaired) electrons. The Bertz CT molecular complexity index is 795. The zero-order valence-electron chi connectivity index (χ0n) is 12.8. The molecule has 0 bridgehead atoms. The van der Waals surface area contributed by atoms with Gasteiger partial charge in [0.1, 0.15) is 11.6 Å². The average molecular weight is 311 g/mol. The van der Waals surface area contributed by atoms with Crippen molar-refractivity contribution >= 4 is 16.9 Å². The Hall–Kier alpha value is -2.69. The van der Waals surface area contributed by atoms with Crippen LogP contribution in [0.5, 0.6) is 0 Å². The number of aromatic amines is 1. The highest BCUT2D eigenvalue weighted by molar-refractivity contribution is 5.94. The summed E-state index contributed by atoms with van der Waals surface area (Å²) in [6.07, 6.45) is 1.60. The van der Waals surface area contributed by atoms with Gasteiger partial charge >= 0.3 is 0 Å². The molecule has 0 aliphatic heterocycles. The van der Waals surface area contributed by atoms with E-state index in [-0.39, 0.29) is 11.6 Å². The first-order valence-electron chi connectivity index (χ1n) is 7.69. The molecule has 118 valence electrons. The number of imidazole rings is 1. The Kier molecular flexibility index (Phi) is 4.37. The van der Waals surface area contributed by atoms with Gasteiger partial charge in [-0.2, -0.15) is 0 Å². The fourth-order valence-electron chi connectivity index (χ4n) is 2.58. The van der Waals surface area contributed by atoms with E-state index in [0.717, 1.165) is 23.9 Å². The van der Waals surface area contributed by atoms with E-state index in [1.807, 2.05) is 31.2 Å². The molecule has 4 nitrogen and oxygen atoms in total. The molecule has 0 saturated heterocycles. The summed E-state index contributed by atoms with van der Waals surface area (Å²) in [5.41, 5.74) is 1.82. The van der Waals surface area contributed by atoms with Crippen LogP contribution in [0.1, 0.15) is 42.0 Å². The molecule has 0 unspecified atom stereocenters. The SMILES string of the molecule is CCC[C@H](NC(=O)c1ccccc1F)c1nc2ccccc2[nH]1. The summed E-state index contributed by atoms with van der Waals surface area (Å²) in [5, 5.41) is 2.88. The molecular weight excluding hydrogens is 293 g/mol. The van der Waals surface area contributed by atoms with Gasteiger partial charge in [-0.05, 0) is 30.7 Å². The Balaban J connectivity index is 1.87. The zero-order chi connectivity index (χ0) is 16.2. The fraction of sp³-hybridized carbons (Fsp3) is 0.222. The second kappa shape index (κ2) is 6.60. The van der Waals surface area contributed by atoms with Gasteiger partial charge < -0.3 is 10.3 Å². The third kappa shape index (κ3) is 3.23. The molecule has 2 N–H and O–H groups in total. The van der Waals surface area contributed by atoms with Gasteiger partial charge in [-0.15, -0.1) is 0 Å². The number of benzene rings is 2. The number of carbonyl (C=O) groups is 1. The van der Waals surface area contributed by atoms with E-state index < -0.39 is 11.7 Å². The number of para-hydroxylation sites is 2. The number of amides is 1. The number of nitrogens with one attached hydrogen (secondary N) is 2. The monoisotopic (exact) mass is 311 g/mol. The van der Waals surface area contributed by atoms with Gasteiger partial charge in [0, 0.05) is 0 Å². The molecule has 23 heavy (non-hydrogen) atoms. The van der Waals surface area contributed by atoms with E-state index in [1.165, 1.54) is 12.1 Å². The second-order valence-corrected chi connectivity index (χ2v) is 5.43. The highest BCUT2D eigenvalue weighted by Crippen LogP contribution is 2.20. The summed E-state index contributed by atoms with van der Waals surface area (Å²) >= 11 is 0. The number of nitrogens with zero attached hydrogens (tertiary/aromatic N) is 1. The van der Waals surface area contributed by atoms with Crippen molar-refractivity contribution in [1.82, 2.24) is 15.3 Å². The molecule has 3 aromatic rings. The third-order valence-corrected chi connectivity index (χ3v) is 3.74. The molecule has 1 heterocycles. The summed E-state index contributed by atoms with van der Waals surface area (Å²) < 4.78 is 13.8. The van der Waals surface area contributed by atoms with Gasteiger partial charge in [0.2, 0.25) is 0 Å². The van der Waals surface area contributed by atoms with Crippen LogP contribution in [-0.2, 0) is 0 Å². The minimum absolute atomic E-state index is 0.0460. The van der Waals surface area contributed by atoms with Crippen LogP contribution in [0.25, 0.3) is 11.0 Å². The van der Waals surface area contributed by atoms with Gasteiger partial charge in [-0.1, -0.05) is 37.6 Å². The quantitative estimate of drug-likeness (QED) is 0.749. The van der Waals surface area contributed by atoms with E-state index in [1.54, 1.807) is 12.1 Å². The molecule has 0 aliphatic rings. The standard InChI is InChI=1S/C18H18FN3O/c1-2-7-16(17-20-14-10-5-6-11-15(14)21-17)22-18(23)12-8-3-4-9-13(12)19/h3-6,8-11,16H,2,7H2,1H3,(H,20,21)(H,22,23)/t16-/m0/s1. The summed E-state index contributed by atoms with van der Waals surface area (Å²) in [6, 6.07) is 13.4. The van der Waals surface area contributed by atoms with Gasteiger partial charge in [-0.25, -0.2) is 9.37 Å². The molecule has 0 fully saturated rings. The molecule has 0 saturated carbocycles. The number of H-pyrrole nitrogens is 1. The highest BCUT2D eigenvalue weighted by atomic mass is 19.1. The summed E-state index contributed by atoms with van der Waals surface area (Å²) in [7, 11) is 0. The first kappa shape index (κ1) is 15.2. The van der Waals surface area contributed by atoms with Crippen molar-refractivity contribution in [3.05, 3.63) is 65.7 Å². The molecule has 5 heteroatoms. The van der Waals surface area contributed by atoms with Gasteiger partial charge in [-0.3, -0.25) is 4.79 Å². The molecule has 3 rings (SSSR count). The molecule has 0 aliphatic carbocycles. The summed E-state index contributed by atoms with van der Waals surface area (Å²) in [4.78, 5) is 20.1. The number of rotatable bonds is 5. The fourth-order valence-corrected chi connectivity index (χ4v) is 2.58. The van der Waals surface area contributed by atoms with Crippen LogP contribution in [-0.4, -0.2) is 15.9 Å². The van der Waals surface area contributed by atoms with Gasteiger partial charge in [0.25, 0.3) is 5.91 Å². The van der Waals surface area contributed by atoms with E-state index in [2.05, 4.69) is 15.3 Å². The number of carbonyl (C=O) groups excluding carboxylic acids is 1. The molecule has 1 amide bonds. The number of aromatic nitrogens is 2. The number of halogens is 1. The van der Waals surface area contributed by atoms with Crippen molar-refractivity contribution in [2.75, 3.05) is 0 Å². The van der Waals surface area contributed by atoms with Crippen LogP contribution in [0.15, 0.2) is 48.5 Å². The van der Waals surface area contributed by atoms with E-state index >= 15 is 0 Å². The van der Waals surface area contributed by atoms with Crippen molar-refractivity contribution in [3.63, 3.8) is 0 Å². The summed E-state index contributed by atoms with van der Waals surface area (Å²) in [6.45, 7) is 2.03. The van der Waals surface area contributed by atoms with Crippen LogP contribution >= 0.6 is 0 Å². The number of hydrogen-bond acceptors (Lipinski definition) is 2. The third-order valence-electron chi connectivity index (χ3n) is 3.74. The highest BCUT2D eigenvalue weighted by Gasteiger charge is 2.20. The lowest BCUT2D eigenvalue weighted by Crippen LogP contribution is -2.29. The Labute approximate surface area is 133 Å². The number of hydrogen-bond donors (Lipinski definition) is 2. The van der Waals surface area contributed by atoms with Crippen molar-refractivity contribution < 1.29 is 9.18 Å². The van der Waals surface area contributed by atoms with Crippen molar-refractivity contribution in [2.24, 2.45) is 0 Å². The minimum atomic E-state index is -0.523. The summed E-state index contributed by atoms with van der Waals surface area (Å²) in [5.74, 6) is -0.260. The van der Waals surface area contributed by atoms with Crippen LogP contribution in [0, 0.1) is 5.82 Å². The maximum absolute atomic E-state index is 13.8. The first-order valence-corrected chi connectivity index (χ1v) is 7.69.